The van der Waals surface area contributed by atoms with Crippen molar-refractivity contribution >= 4 is 24.0 Å². The number of carbonyl (C=O) groups excluding carboxylic acids is 1. The summed E-state index contributed by atoms with van der Waals surface area (Å²) in [5, 5.41) is 11.8. The van der Waals surface area contributed by atoms with E-state index >= 15 is 0 Å². The second-order valence-electron chi connectivity index (χ2n) is 7.67. The van der Waals surface area contributed by atoms with E-state index in [1.807, 2.05) is 15.8 Å². The third-order valence-corrected chi connectivity index (χ3v) is 5.55. The first kappa shape index (κ1) is 19.8. The van der Waals surface area contributed by atoms with Gasteiger partial charge in [0.2, 0.25) is 0 Å². The van der Waals surface area contributed by atoms with E-state index in [9.17, 15) is 4.79 Å². The van der Waals surface area contributed by atoms with Crippen LogP contribution in [0.15, 0.2) is 24.4 Å². The molecule has 0 radical (unpaired) electrons. The first-order valence-corrected chi connectivity index (χ1v) is 9.70. The Hall–Kier alpha value is -1.92. The predicted molar refractivity (Wildman–Crippen MR) is 109 cm³/mol. The SMILES string of the molecule is CC(C)c1ccc2c(c1)CCCN2C(=O)c1cn(C2CCNCC2)nn1.Cl. The predicted octanol–water partition coefficient (Wildman–Crippen LogP) is 3.34. The van der Waals surface area contributed by atoms with Crippen LogP contribution in [-0.2, 0) is 6.42 Å². The molecule has 1 amide bonds. The van der Waals surface area contributed by atoms with Gasteiger partial charge in [-0.15, -0.1) is 17.5 Å². The van der Waals surface area contributed by atoms with E-state index in [2.05, 4.69) is 47.7 Å². The molecular weight excluding hydrogens is 362 g/mol. The van der Waals surface area contributed by atoms with Crippen LogP contribution in [0.25, 0.3) is 0 Å². The molecule has 1 aromatic carbocycles. The average Bonchev–Trinajstić information content (AvgIpc) is 3.17. The topological polar surface area (TPSA) is 63.1 Å². The molecule has 6 nitrogen and oxygen atoms in total. The highest BCUT2D eigenvalue weighted by atomic mass is 35.5. The van der Waals surface area contributed by atoms with Gasteiger partial charge in [-0.1, -0.05) is 31.2 Å². The number of aryl methyl sites for hydroxylation is 1. The second-order valence-corrected chi connectivity index (χ2v) is 7.67. The number of aromatic nitrogens is 3. The van der Waals surface area contributed by atoms with Crippen molar-refractivity contribution in [3.63, 3.8) is 0 Å². The van der Waals surface area contributed by atoms with Gasteiger partial charge in [0.1, 0.15) is 0 Å². The van der Waals surface area contributed by atoms with E-state index in [4.69, 9.17) is 0 Å². The van der Waals surface area contributed by atoms with Gasteiger partial charge in [0.05, 0.1) is 12.2 Å². The van der Waals surface area contributed by atoms with Gasteiger partial charge in [0, 0.05) is 12.2 Å². The Labute approximate surface area is 166 Å². The molecule has 2 aromatic rings. The Bertz CT molecular complexity index is 797. The molecule has 0 saturated carbocycles. The van der Waals surface area contributed by atoms with Crippen molar-refractivity contribution in [3.8, 4) is 0 Å². The number of hydrogen-bond acceptors (Lipinski definition) is 4. The second kappa shape index (κ2) is 8.40. The zero-order valence-corrected chi connectivity index (χ0v) is 16.8. The summed E-state index contributed by atoms with van der Waals surface area (Å²) in [5.41, 5.74) is 4.07. The lowest BCUT2D eigenvalue weighted by atomic mass is 9.94. The van der Waals surface area contributed by atoms with Crippen molar-refractivity contribution in [2.24, 2.45) is 0 Å². The summed E-state index contributed by atoms with van der Waals surface area (Å²) in [6.07, 6.45) is 5.91. The first-order chi connectivity index (χ1) is 12.6. The van der Waals surface area contributed by atoms with Crippen LogP contribution in [0.4, 0.5) is 5.69 Å². The maximum atomic E-state index is 13.1. The van der Waals surface area contributed by atoms with Gasteiger partial charge in [0.15, 0.2) is 5.69 Å². The Morgan fingerprint density at radius 1 is 1.26 bits per heavy atom. The van der Waals surface area contributed by atoms with E-state index in [0.717, 1.165) is 51.0 Å². The van der Waals surface area contributed by atoms with Gasteiger partial charge in [0.25, 0.3) is 5.91 Å². The summed E-state index contributed by atoms with van der Waals surface area (Å²) in [4.78, 5) is 14.9. The number of piperidine rings is 1. The molecule has 0 spiro atoms. The van der Waals surface area contributed by atoms with Crippen molar-refractivity contribution in [1.82, 2.24) is 20.3 Å². The zero-order chi connectivity index (χ0) is 18.1. The number of nitrogens with one attached hydrogen (secondary N) is 1. The summed E-state index contributed by atoms with van der Waals surface area (Å²) in [5.74, 6) is 0.458. The first-order valence-electron chi connectivity index (χ1n) is 9.70. The molecule has 1 N–H and O–H groups in total. The average molecular weight is 390 g/mol. The van der Waals surface area contributed by atoms with Crippen molar-refractivity contribution in [1.29, 1.82) is 0 Å². The van der Waals surface area contributed by atoms with Crippen LogP contribution in [0, 0.1) is 0 Å². The molecule has 0 atom stereocenters. The highest BCUT2D eigenvalue weighted by Gasteiger charge is 2.27. The number of halogens is 1. The third kappa shape index (κ3) is 4.01. The number of fused-ring (bicyclic) bond motifs is 1. The number of hydrogen-bond donors (Lipinski definition) is 1. The molecule has 3 heterocycles. The van der Waals surface area contributed by atoms with E-state index in [1.165, 1.54) is 11.1 Å². The minimum atomic E-state index is -0.0385. The maximum absolute atomic E-state index is 13.1. The number of benzene rings is 1. The molecule has 1 fully saturated rings. The number of nitrogens with zero attached hydrogens (tertiary/aromatic N) is 4. The standard InChI is InChI=1S/C20H27N5O.ClH/c1-14(2)15-5-6-19-16(12-15)4-3-11-24(19)20(26)18-13-25(23-22-18)17-7-9-21-10-8-17;/h5-6,12-14,17,21H,3-4,7-11H2,1-2H3;1H. The fourth-order valence-corrected chi connectivity index (χ4v) is 3.95. The summed E-state index contributed by atoms with van der Waals surface area (Å²) in [7, 11) is 0. The Kier molecular flexibility index (Phi) is 6.17. The van der Waals surface area contributed by atoms with Gasteiger partial charge in [-0.3, -0.25) is 4.79 Å². The number of amides is 1. The molecular formula is C20H28ClN5O. The minimum absolute atomic E-state index is 0. The Balaban J connectivity index is 0.00000210. The minimum Gasteiger partial charge on any atom is -0.317 e. The molecule has 2 aliphatic heterocycles. The van der Waals surface area contributed by atoms with Crippen molar-refractivity contribution in [3.05, 3.63) is 41.2 Å². The van der Waals surface area contributed by atoms with Crippen molar-refractivity contribution in [2.45, 2.75) is 51.5 Å². The van der Waals surface area contributed by atoms with Crippen molar-refractivity contribution in [2.75, 3.05) is 24.5 Å². The monoisotopic (exact) mass is 389 g/mol. The summed E-state index contributed by atoms with van der Waals surface area (Å²) in [6, 6.07) is 6.83. The van der Waals surface area contributed by atoms with E-state index in [0.29, 0.717) is 17.7 Å². The van der Waals surface area contributed by atoms with Crippen LogP contribution in [0.1, 0.15) is 66.7 Å². The van der Waals surface area contributed by atoms with Gasteiger partial charge in [-0.25, -0.2) is 4.68 Å². The normalized spacial score (nSPS) is 17.5. The number of carbonyl (C=O) groups is 1. The highest BCUT2D eigenvalue weighted by Crippen LogP contribution is 2.31. The lowest BCUT2D eigenvalue weighted by Gasteiger charge is -2.29. The van der Waals surface area contributed by atoms with Gasteiger partial charge in [-0.05, 0) is 61.9 Å². The summed E-state index contributed by atoms with van der Waals surface area (Å²) >= 11 is 0. The molecule has 0 bridgehead atoms. The highest BCUT2D eigenvalue weighted by molar-refractivity contribution is 6.05. The van der Waals surface area contributed by atoms with Crippen LogP contribution in [0.2, 0.25) is 0 Å². The molecule has 0 aliphatic carbocycles. The lowest BCUT2D eigenvalue weighted by Crippen LogP contribution is -2.35. The van der Waals surface area contributed by atoms with Crippen LogP contribution in [0.3, 0.4) is 0 Å². The molecule has 4 rings (SSSR count). The van der Waals surface area contributed by atoms with Gasteiger partial charge in [-0.2, -0.15) is 0 Å². The molecule has 2 aliphatic rings. The molecule has 7 heteroatoms. The molecule has 1 aromatic heterocycles. The number of anilines is 1. The smallest absolute Gasteiger partial charge is 0.280 e. The molecule has 0 unspecified atom stereocenters. The van der Waals surface area contributed by atoms with Crippen LogP contribution < -0.4 is 10.2 Å². The fraction of sp³-hybridized carbons (Fsp3) is 0.550. The van der Waals surface area contributed by atoms with Crippen LogP contribution in [-0.4, -0.2) is 40.5 Å². The third-order valence-electron chi connectivity index (χ3n) is 5.55. The van der Waals surface area contributed by atoms with Gasteiger partial charge >= 0.3 is 0 Å². The molecule has 27 heavy (non-hydrogen) atoms. The summed E-state index contributed by atoms with van der Waals surface area (Å²) < 4.78 is 1.88. The largest absolute Gasteiger partial charge is 0.317 e. The van der Waals surface area contributed by atoms with Crippen LogP contribution in [0.5, 0.6) is 0 Å². The van der Waals surface area contributed by atoms with E-state index in [1.54, 1.807) is 0 Å². The quantitative estimate of drug-likeness (QED) is 0.874. The molecule has 1 saturated heterocycles. The van der Waals surface area contributed by atoms with E-state index < -0.39 is 0 Å². The lowest BCUT2D eigenvalue weighted by molar-refractivity contribution is 0.0980. The van der Waals surface area contributed by atoms with E-state index in [-0.39, 0.29) is 18.3 Å². The molecule has 146 valence electrons. The fourth-order valence-electron chi connectivity index (χ4n) is 3.95. The maximum Gasteiger partial charge on any atom is 0.280 e. The Morgan fingerprint density at radius 2 is 2.04 bits per heavy atom. The van der Waals surface area contributed by atoms with Gasteiger partial charge < -0.3 is 10.2 Å². The zero-order valence-electron chi connectivity index (χ0n) is 16.0. The summed E-state index contributed by atoms with van der Waals surface area (Å²) in [6.45, 7) is 7.13. The van der Waals surface area contributed by atoms with Crippen LogP contribution >= 0.6 is 12.4 Å². The number of rotatable bonds is 3. The van der Waals surface area contributed by atoms with Crippen molar-refractivity contribution < 1.29 is 4.79 Å². The Morgan fingerprint density at radius 3 is 2.78 bits per heavy atom.